The summed E-state index contributed by atoms with van der Waals surface area (Å²) in [5, 5.41) is 19.9. The Kier molecular flexibility index (Phi) is 4.72. The highest BCUT2D eigenvalue weighted by Crippen LogP contribution is 2.23. The highest BCUT2D eigenvalue weighted by Gasteiger charge is 2.36. The molecule has 0 unspecified atom stereocenters. The second kappa shape index (κ2) is 6.51. The van der Waals surface area contributed by atoms with Crippen LogP contribution in [0.5, 0.6) is 0 Å². The summed E-state index contributed by atoms with van der Waals surface area (Å²) in [7, 11) is 1.21. The number of hydrogen-bond donors (Lipinski definition) is 2. The molecule has 1 aromatic rings. The van der Waals surface area contributed by atoms with E-state index in [1.54, 1.807) is 30.3 Å². The van der Waals surface area contributed by atoms with Gasteiger partial charge in [0.1, 0.15) is 6.10 Å². The van der Waals surface area contributed by atoms with Crippen molar-refractivity contribution < 1.29 is 29.3 Å². The fourth-order valence-electron chi connectivity index (χ4n) is 2.13. The maximum absolute atomic E-state index is 11.9. The van der Waals surface area contributed by atoms with Gasteiger partial charge in [0.25, 0.3) is 0 Å². The molecule has 0 amide bonds. The Morgan fingerprint density at radius 3 is 2.38 bits per heavy atom. The molecule has 1 aromatic carbocycles. The van der Waals surface area contributed by atoms with Crippen molar-refractivity contribution in [1.29, 1.82) is 0 Å². The van der Waals surface area contributed by atoms with Crippen molar-refractivity contribution in [1.82, 2.24) is 0 Å². The molecule has 0 radical (unpaired) electrons. The van der Waals surface area contributed by atoms with E-state index in [1.807, 2.05) is 0 Å². The summed E-state index contributed by atoms with van der Waals surface area (Å²) in [6.45, 7) is 0. The third kappa shape index (κ3) is 3.48. The second-order valence-corrected chi connectivity index (χ2v) is 4.68. The first-order valence-corrected chi connectivity index (χ1v) is 6.44. The second-order valence-electron chi connectivity index (χ2n) is 4.68. The van der Waals surface area contributed by atoms with Gasteiger partial charge in [-0.25, -0.2) is 9.59 Å². The first kappa shape index (κ1) is 15.2. The Labute approximate surface area is 121 Å². The van der Waals surface area contributed by atoms with E-state index in [2.05, 4.69) is 4.74 Å². The van der Waals surface area contributed by atoms with Gasteiger partial charge in [-0.1, -0.05) is 18.2 Å². The zero-order valence-electron chi connectivity index (χ0n) is 11.4. The molecule has 21 heavy (non-hydrogen) atoms. The van der Waals surface area contributed by atoms with Crippen LogP contribution >= 0.6 is 0 Å². The van der Waals surface area contributed by atoms with Crippen molar-refractivity contribution in [3.63, 3.8) is 0 Å². The number of hydrogen-bond acceptors (Lipinski definition) is 6. The van der Waals surface area contributed by atoms with Gasteiger partial charge >= 0.3 is 11.9 Å². The lowest BCUT2D eigenvalue weighted by molar-refractivity contribution is -0.137. The molecule has 3 atom stereocenters. The Bertz CT molecular complexity index is 551. The fourth-order valence-corrected chi connectivity index (χ4v) is 2.13. The Morgan fingerprint density at radius 2 is 1.81 bits per heavy atom. The molecule has 2 rings (SSSR count). The van der Waals surface area contributed by atoms with Crippen LogP contribution in [0.15, 0.2) is 42.0 Å². The van der Waals surface area contributed by atoms with E-state index in [0.29, 0.717) is 5.56 Å². The summed E-state index contributed by atoms with van der Waals surface area (Å²) in [4.78, 5) is 23.3. The number of rotatable bonds is 3. The molecule has 112 valence electrons. The van der Waals surface area contributed by atoms with Crippen LogP contribution in [0.25, 0.3) is 0 Å². The molecule has 0 spiro atoms. The van der Waals surface area contributed by atoms with Crippen LogP contribution in [0.2, 0.25) is 0 Å². The van der Waals surface area contributed by atoms with Crippen LogP contribution in [0.1, 0.15) is 16.8 Å². The largest absolute Gasteiger partial charge is 0.466 e. The molecule has 1 aliphatic carbocycles. The molecule has 0 heterocycles. The van der Waals surface area contributed by atoms with Crippen molar-refractivity contribution >= 4 is 11.9 Å². The number of benzene rings is 1. The smallest absolute Gasteiger partial charge is 0.338 e. The standard InChI is InChI=1S/C15H16O6/c1-20-14(18)10-7-11(16)13(12(17)8-10)21-15(19)9-5-3-2-4-6-9/h2-7,11-13,16-17H,8H2,1H3/t11-,12-,13-/m1/s1. The molecular weight excluding hydrogens is 276 g/mol. The molecule has 6 heteroatoms. The number of methoxy groups -OCH3 is 1. The van der Waals surface area contributed by atoms with Gasteiger partial charge in [-0.05, 0) is 18.2 Å². The van der Waals surface area contributed by atoms with Crippen LogP contribution in [-0.4, -0.2) is 47.6 Å². The highest BCUT2D eigenvalue weighted by molar-refractivity contribution is 5.90. The van der Waals surface area contributed by atoms with Crippen LogP contribution in [0.4, 0.5) is 0 Å². The zero-order valence-corrected chi connectivity index (χ0v) is 11.4. The number of carbonyl (C=O) groups is 2. The van der Waals surface area contributed by atoms with Gasteiger partial charge in [0, 0.05) is 12.0 Å². The maximum atomic E-state index is 11.9. The average molecular weight is 292 g/mol. The molecule has 0 aromatic heterocycles. The van der Waals surface area contributed by atoms with Crippen LogP contribution in [0, 0.1) is 0 Å². The monoisotopic (exact) mass is 292 g/mol. The molecule has 2 N–H and O–H groups in total. The molecule has 1 aliphatic rings. The summed E-state index contributed by atoms with van der Waals surface area (Å²) < 4.78 is 9.66. The summed E-state index contributed by atoms with van der Waals surface area (Å²) in [6.07, 6.45) is -2.37. The lowest BCUT2D eigenvalue weighted by Gasteiger charge is -2.30. The Hall–Kier alpha value is -2.18. The van der Waals surface area contributed by atoms with Gasteiger partial charge in [0.05, 0.1) is 18.8 Å². The van der Waals surface area contributed by atoms with E-state index in [-0.39, 0.29) is 12.0 Å². The first-order valence-electron chi connectivity index (χ1n) is 6.44. The summed E-state index contributed by atoms with van der Waals surface area (Å²) >= 11 is 0. The number of aliphatic hydroxyl groups is 2. The number of ether oxygens (including phenoxy) is 2. The fraction of sp³-hybridized carbons (Fsp3) is 0.333. The predicted octanol–water partition coefficient (Wildman–Crippen LogP) is 0.437. The van der Waals surface area contributed by atoms with Crippen LogP contribution < -0.4 is 0 Å². The summed E-state index contributed by atoms with van der Waals surface area (Å²) in [5.74, 6) is -1.27. The van der Waals surface area contributed by atoms with E-state index in [0.717, 1.165) is 0 Å². The molecule has 0 saturated carbocycles. The van der Waals surface area contributed by atoms with Crippen molar-refractivity contribution in [2.45, 2.75) is 24.7 Å². The minimum Gasteiger partial charge on any atom is -0.466 e. The van der Waals surface area contributed by atoms with Gasteiger partial charge in [0.15, 0.2) is 6.10 Å². The molecule has 0 bridgehead atoms. The van der Waals surface area contributed by atoms with Gasteiger partial charge in [-0.2, -0.15) is 0 Å². The number of carbonyl (C=O) groups excluding carboxylic acids is 2. The summed E-state index contributed by atoms with van der Waals surface area (Å²) in [6, 6.07) is 8.25. The minimum atomic E-state index is -1.27. The minimum absolute atomic E-state index is 0.0452. The van der Waals surface area contributed by atoms with Gasteiger partial charge in [-0.15, -0.1) is 0 Å². The van der Waals surface area contributed by atoms with Crippen molar-refractivity contribution in [2.24, 2.45) is 0 Å². The third-order valence-corrected chi connectivity index (χ3v) is 3.22. The van der Waals surface area contributed by atoms with Crippen LogP contribution in [-0.2, 0) is 14.3 Å². The summed E-state index contributed by atoms with van der Waals surface area (Å²) in [5.41, 5.74) is 0.476. The lowest BCUT2D eigenvalue weighted by atomic mass is 9.92. The van der Waals surface area contributed by atoms with Crippen molar-refractivity contribution in [3.05, 3.63) is 47.5 Å². The van der Waals surface area contributed by atoms with Gasteiger partial charge < -0.3 is 19.7 Å². The molecule has 0 fully saturated rings. The van der Waals surface area contributed by atoms with E-state index >= 15 is 0 Å². The van der Waals surface area contributed by atoms with Crippen molar-refractivity contribution in [3.8, 4) is 0 Å². The highest BCUT2D eigenvalue weighted by atomic mass is 16.6. The average Bonchev–Trinajstić information content (AvgIpc) is 2.50. The van der Waals surface area contributed by atoms with Crippen LogP contribution in [0.3, 0.4) is 0 Å². The van der Waals surface area contributed by atoms with Crippen molar-refractivity contribution in [2.75, 3.05) is 7.11 Å². The zero-order chi connectivity index (χ0) is 15.4. The normalized spacial score (nSPS) is 24.9. The Balaban J connectivity index is 2.09. The quantitative estimate of drug-likeness (QED) is 0.785. The number of esters is 2. The molecule has 6 nitrogen and oxygen atoms in total. The van der Waals surface area contributed by atoms with E-state index in [9.17, 15) is 19.8 Å². The third-order valence-electron chi connectivity index (χ3n) is 3.22. The predicted molar refractivity (Wildman–Crippen MR) is 72.4 cm³/mol. The molecular formula is C15H16O6. The van der Waals surface area contributed by atoms with E-state index in [1.165, 1.54) is 13.2 Å². The Morgan fingerprint density at radius 1 is 1.14 bits per heavy atom. The molecule has 0 aliphatic heterocycles. The maximum Gasteiger partial charge on any atom is 0.338 e. The first-order chi connectivity index (χ1) is 10.0. The molecule has 0 saturated heterocycles. The van der Waals surface area contributed by atoms with E-state index in [4.69, 9.17) is 4.74 Å². The van der Waals surface area contributed by atoms with Gasteiger partial charge in [-0.3, -0.25) is 0 Å². The van der Waals surface area contributed by atoms with E-state index < -0.39 is 30.3 Å². The van der Waals surface area contributed by atoms with Gasteiger partial charge in [0.2, 0.25) is 0 Å². The lowest BCUT2D eigenvalue weighted by Crippen LogP contribution is -2.44. The topological polar surface area (TPSA) is 93.1 Å². The number of aliphatic hydroxyl groups excluding tert-OH is 2. The SMILES string of the molecule is COC(=O)C1=C[C@@H](O)[C@@H](OC(=O)c2ccccc2)[C@H](O)C1.